The number of benzene rings is 2. The summed E-state index contributed by atoms with van der Waals surface area (Å²) >= 11 is 5.88. The van der Waals surface area contributed by atoms with E-state index >= 15 is 0 Å². The Bertz CT molecular complexity index is 931. The molecule has 0 saturated heterocycles. The predicted molar refractivity (Wildman–Crippen MR) is 96.9 cm³/mol. The summed E-state index contributed by atoms with van der Waals surface area (Å²) in [5, 5.41) is 13.4. The van der Waals surface area contributed by atoms with Gasteiger partial charge in [0.15, 0.2) is 0 Å². The van der Waals surface area contributed by atoms with Gasteiger partial charge in [0, 0.05) is 15.9 Å². The number of hydrogen-bond acceptors (Lipinski definition) is 2. The maximum atomic E-state index is 12.6. The van der Waals surface area contributed by atoms with Gasteiger partial charge in [0.1, 0.15) is 5.69 Å². The summed E-state index contributed by atoms with van der Waals surface area (Å²) in [4.78, 5) is 26.9. The number of aliphatic carboxylic acids is 1. The fraction of sp³-hybridized carbons (Fsp3) is 0.158. The quantitative estimate of drug-likeness (QED) is 0.644. The zero-order valence-electron chi connectivity index (χ0n) is 13.5. The molecule has 0 aliphatic rings. The molecule has 0 radical (unpaired) electrons. The lowest BCUT2D eigenvalue weighted by Gasteiger charge is -2.17. The van der Waals surface area contributed by atoms with Crippen LogP contribution in [0.3, 0.4) is 0 Å². The summed E-state index contributed by atoms with van der Waals surface area (Å²) in [6.45, 7) is 1.96. The molecule has 5 nitrogen and oxygen atoms in total. The van der Waals surface area contributed by atoms with Crippen LogP contribution in [0, 0.1) is 6.92 Å². The lowest BCUT2D eigenvalue weighted by atomic mass is 10.0. The number of fused-ring (bicyclic) bond motifs is 1. The summed E-state index contributed by atoms with van der Waals surface area (Å²) < 4.78 is 0. The van der Waals surface area contributed by atoms with Gasteiger partial charge in [0.2, 0.25) is 0 Å². The number of H-pyrrole nitrogens is 1. The number of rotatable bonds is 5. The van der Waals surface area contributed by atoms with Crippen molar-refractivity contribution in [3.63, 3.8) is 0 Å². The van der Waals surface area contributed by atoms with Crippen LogP contribution in [0.15, 0.2) is 48.5 Å². The van der Waals surface area contributed by atoms with Gasteiger partial charge >= 0.3 is 5.97 Å². The van der Waals surface area contributed by atoms with Crippen LogP contribution in [0.5, 0.6) is 0 Å². The molecule has 1 aromatic heterocycles. The van der Waals surface area contributed by atoms with Crippen molar-refractivity contribution in [3.8, 4) is 0 Å². The highest BCUT2D eigenvalue weighted by molar-refractivity contribution is 6.30. The Morgan fingerprint density at radius 2 is 1.92 bits per heavy atom. The van der Waals surface area contributed by atoms with Crippen molar-refractivity contribution < 1.29 is 14.7 Å². The van der Waals surface area contributed by atoms with Crippen LogP contribution in [0.25, 0.3) is 10.9 Å². The predicted octanol–water partition coefficient (Wildman–Crippen LogP) is 4.08. The van der Waals surface area contributed by atoms with Crippen molar-refractivity contribution in [1.82, 2.24) is 10.3 Å². The number of para-hydroxylation sites is 1. The van der Waals surface area contributed by atoms with E-state index in [9.17, 15) is 9.59 Å². The van der Waals surface area contributed by atoms with Crippen molar-refractivity contribution >= 4 is 34.4 Å². The largest absolute Gasteiger partial charge is 0.481 e. The van der Waals surface area contributed by atoms with E-state index in [1.807, 2.05) is 25.1 Å². The third kappa shape index (κ3) is 3.83. The third-order valence-corrected chi connectivity index (χ3v) is 4.32. The molecule has 1 heterocycles. The standard InChI is InChI=1S/C19H17ClN2O3/c1-11-3-2-4-13-9-16(21-18(11)13)19(25)22-15(10-17(23)24)12-5-7-14(20)8-6-12/h2-9,15,21H,10H2,1H3,(H,22,25)(H,23,24)/t15-/m0/s1. The van der Waals surface area contributed by atoms with E-state index in [1.54, 1.807) is 30.3 Å². The minimum atomic E-state index is -0.993. The lowest BCUT2D eigenvalue weighted by Crippen LogP contribution is -2.30. The number of carboxylic acids is 1. The SMILES string of the molecule is Cc1cccc2cc(C(=O)N[C@@H](CC(=O)O)c3ccc(Cl)cc3)[nH]c12. The molecule has 0 fully saturated rings. The molecule has 0 bridgehead atoms. The maximum Gasteiger partial charge on any atom is 0.305 e. The molecule has 25 heavy (non-hydrogen) atoms. The number of carbonyl (C=O) groups is 2. The van der Waals surface area contributed by atoms with Gasteiger partial charge in [-0.25, -0.2) is 0 Å². The molecular weight excluding hydrogens is 340 g/mol. The van der Waals surface area contributed by atoms with Gasteiger partial charge in [0.05, 0.1) is 12.5 Å². The fourth-order valence-electron chi connectivity index (χ4n) is 2.79. The van der Waals surface area contributed by atoms with Gasteiger partial charge in [-0.15, -0.1) is 0 Å². The van der Waals surface area contributed by atoms with Crippen LogP contribution in [-0.4, -0.2) is 22.0 Å². The highest BCUT2D eigenvalue weighted by Gasteiger charge is 2.20. The number of carboxylic acid groups (broad SMARTS) is 1. The Kier molecular flexibility index (Phi) is 4.76. The first kappa shape index (κ1) is 17.0. The molecule has 0 saturated carbocycles. The highest BCUT2D eigenvalue weighted by atomic mass is 35.5. The average molecular weight is 357 g/mol. The first-order valence-electron chi connectivity index (χ1n) is 7.80. The topological polar surface area (TPSA) is 82.2 Å². The van der Waals surface area contributed by atoms with Gasteiger partial charge < -0.3 is 15.4 Å². The second kappa shape index (κ2) is 6.99. The highest BCUT2D eigenvalue weighted by Crippen LogP contribution is 2.22. The average Bonchev–Trinajstić information content (AvgIpc) is 3.00. The van der Waals surface area contributed by atoms with E-state index in [-0.39, 0.29) is 12.3 Å². The molecular formula is C19H17ClN2O3. The molecule has 128 valence electrons. The van der Waals surface area contributed by atoms with Crippen LogP contribution in [-0.2, 0) is 4.79 Å². The van der Waals surface area contributed by atoms with Gasteiger partial charge in [-0.2, -0.15) is 0 Å². The summed E-state index contributed by atoms with van der Waals surface area (Å²) in [5.41, 5.74) is 3.02. The minimum Gasteiger partial charge on any atom is -0.481 e. The summed E-state index contributed by atoms with van der Waals surface area (Å²) in [5.74, 6) is -1.34. The molecule has 3 rings (SSSR count). The molecule has 3 N–H and O–H groups in total. The number of aromatic nitrogens is 1. The Balaban J connectivity index is 1.87. The van der Waals surface area contributed by atoms with Crippen molar-refractivity contribution in [1.29, 1.82) is 0 Å². The molecule has 2 aromatic carbocycles. The smallest absolute Gasteiger partial charge is 0.305 e. The number of amides is 1. The normalized spacial score (nSPS) is 12.1. The second-order valence-electron chi connectivity index (χ2n) is 5.90. The van der Waals surface area contributed by atoms with E-state index in [4.69, 9.17) is 16.7 Å². The lowest BCUT2D eigenvalue weighted by molar-refractivity contribution is -0.137. The van der Waals surface area contributed by atoms with Gasteiger partial charge in [-0.05, 0) is 36.2 Å². The van der Waals surface area contributed by atoms with E-state index in [2.05, 4.69) is 10.3 Å². The van der Waals surface area contributed by atoms with Crippen LogP contribution in [0.1, 0.15) is 34.1 Å². The van der Waals surface area contributed by atoms with E-state index in [1.165, 1.54) is 0 Å². The first-order chi connectivity index (χ1) is 11.9. The van der Waals surface area contributed by atoms with Gasteiger partial charge in [-0.1, -0.05) is 41.9 Å². The molecule has 6 heteroatoms. The van der Waals surface area contributed by atoms with Gasteiger partial charge in [-0.3, -0.25) is 9.59 Å². The molecule has 3 aromatic rings. The van der Waals surface area contributed by atoms with E-state index in [0.29, 0.717) is 16.3 Å². The zero-order chi connectivity index (χ0) is 18.0. The zero-order valence-corrected chi connectivity index (χ0v) is 14.3. The molecule has 0 spiro atoms. The summed E-state index contributed by atoms with van der Waals surface area (Å²) in [6, 6.07) is 13.7. The Labute approximate surface area is 149 Å². The summed E-state index contributed by atoms with van der Waals surface area (Å²) in [7, 11) is 0. The fourth-order valence-corrected chi connectivity index (χ4v) is 2.91. The number of nitrogens with one attached hydrogen (secondary N) is 2. The molecule has 0 unspecified atom stereocenters. The van der Waals surface area contributed by atoms with Gasteiger partial charge in [0.25, 0.3) is 5.91 Å². The molecule has 1 amide bonds. The number of carbonyl (C=O) groups excluding carboxylic acids is 1. The van der Waals surface area contributed by atoms with Crippen LogP contribution in [0.4, 0.5) is 0 Å². The minimum absolute atomic E-state index is 0.216. The Morgan fingerprint density at radius 3 is 2.56 bits per heavy atom. The van der Waals surface area contributed by atoms with Crippen molar-refractivity contribution in [2.45, 2.75) is 19.4 Å². The van der Waals surface area contributed by atoms with Crippen LogP contribution < -0.4 is 5.32 Å². The molecule has 0 aliphatic carbocycles. The maximum absolute atomic E-state index is 12.6. The number of aromatic amines is 1. The summed E-state index contributed by atoms with van der Waals surface area (Å²) in [6.07, 6.45) is -0.216. The monoisotopic (exact) mass is 356 g/mol. The first-order valence-corrected chi connectivity index (χ1v) is 8.18. The van der Waals surface area contributed by atoms with E-state index < -0.39 is 12.0 Å². The Morgan fingerprint density at radius 1 is 1.20 bits per heavy atom. The van der Waals surface area contributed by atoms with Crippen molar-refractivity contribution in [3.05, 3.63) is 70.4 Å². The Hall–Kier alpha value is -2.79. The molecule has 1 atom stereocenters. The van der Waals surface area contributed by atoms with Crippen molar-refractivity contribution in [2.75, 3.05) is 0 Å². The molecule has 0 aliphatic heterocycles. The second-order valence-corrected chi connectivity index (χ2v) is 6.33. The van der Waals surface area contributed by atoms with Crippen molar-refractivity contribution in [2.24, 2.45) is 0 Å². The number of aryl methyl sites for hydroxylation is 1. The third-order valence-electron chi connectivity index (χ3n) is 4.07. The van der Waals surface area contributed by atoms with Crippen LogP contribution in [0.2, 0.25) is 5.02 Å². The number of hydrogen-bond donors (Lipinski definition) is 3. The van der Waals surface area contributed by atoms with E-state index in [0.717, 1.165) is 16.5 Å². The van der Waals surface area contributed by atoms with Crippen LogP contribution >= 0.6 is 11.6 Å². The number of halogens is 1.